The number of aryl methyl sites for hydroxylation is 1. The van der Waals surface area contributed by atoms with Gasteiger partial charge in [-0.2, -0.15) is 0 Å². The van der Waals surface area contributed by atoms with E-state index >= 15 is 0 Å². The van der Waals surface area contributed by atoms with Gasteiger partial charge in [0, 0.05) is 56.1 Å². The number of unbranched alkanes of at least 4 members (excludes halogenated alkanes) is 2. The molecule has 0 aromatic heterocycles. The topological polar surface area (TPSA) is 15.0 Å². The Morgan fingerprint density at radius 3 is 2.42 bits per heavy atom. The molecule has 202 valence electrons. The van der Waals surface area contributed by atoms with Crippen LogP contribution in [0.15, 0.2) is 47.7 Å². The molecule has 0 amide bonds. The van der Waals surface area contributed by atoms with Gasteiger partial charge in [0.15, 0.2) is 6.54 Å². The van der Waals surface area contributed by atoms with Gasteiger partial charge in [-0.3, -0.25) is 8.97 Å². The van der Waals surface area contributed by atoms with Crippen LogP contribution in [0.1, 0.15) is 105 Å². The van der Waals surface area contributed by atoms with E-state index in [2.05, 4.69) is 62.7 Å². The maximum absolute atomic E-state index is 14.5. The molecule has 0 fully saturated rings. The summed E-state index contributed by atoms with van der Waals surface area (Å²) in [4.78, 5) is 0. The minimum atomic E-state index is -0.211. The number of nitrogens with one attached hydrogen (secondary N) is 1. The molecule has 1 aromatic rings. The first-order valence-corrected chi connectivity index (χ1v) is 13.7. The summed E-state index contributed by atoms with van der Waals surface area (Å²) in [6.07, 6.45) is 17.6. The number of rotatable bonds is 9. The van der Waals surface area contributed by atoms with Crippen LogP contribution in [-0.2, 0) is 0 Å². The molecular formula is C32H53FN2U. The second-order valence-corrected chi connectivity index (χ2v) is 9.61. The molecule has 36 heavy (non-hydrogen) atoms. The molecule has 1 aliphatic rings. The summed E-state index contributed by atoms with van der Waals surface area (Å²) in [5.74, 6) is 0.744. The van der Waals surface area contributed by atoms with Crippen LogP contribution in [0.3, 0.4) is 0 Å². The second kappa shape index (κ2) is 23.0. The molecule has 0 saturated carbocycles. The van der Waals surface area contributed by atoms with Crippen LogP contribution in [0.25, 0.3) is 0 Å². The molecule has 1 atom stereocenters. The van der Waals surface area contributed by atoms with Crippen LogP contribution in [0.5, 0.6) is 0 Å². The fraction of sp³-hybridized carbons (Fsp3) is 0.594. The third-order valence-corrected chi connectivity index (χ3v) is 6.02. The zero-order valence-electron chi connectivity index (χ0n) is 24.7. The SMILES string of the molecule is CCC.CCCCCC(C)CC.CN/C(C)=C/C[N+]1=C(c2[c-]cc(C)cc2F)/C(C)=C/C=C\CC1.[U]. The summed E-state index contributed by atoms with van der Waals surface area (Å²) in [5, 5.41) is 3.13. The average Bonchev–Trinajstić information content (AvgIpc) is 2.82. The Kier molecular flexibility index (Phi) is 23.7. The van der Waals surface area contributed by atoms with Crippen molar-refractivity contribution in [2.24, 2.45) is 5.92 Å². The minimum Gasteiger partial charge on any atom is -0.392 e. The smallest absolute Gasteiger partial charge is 0.155 e. The number of allylic oxidation sites excluding steroid dienone is 4. The molecule has 0 aliphatic carbocycles. The van der Waals surface area contributed by atoms with E-state index in [9.17, 15) is 4.39 Å². The van der Waals surface area contributed by atoms with E-state index in [1.54, 1.807) is 6.07 Å². The summed E-state index contributed by atoms with van der Waals surface area (Å²) in [7, 11) is 1.91. The van der Waals surface area contributed by atoms with Gasteiger partial charge in [-0.15, -0.1) is 23.8 Å². The van der Waals surface area contributed by atoms with E-state index in [1.807, 2.05) is 46.0 Å². The van der Waals surface area contributed by atoms with Gasteiger partial charge in [0.1, 0.15) is 12.3 Å². The molecule has 1 N–H and O–H groups in total. The van der Waals surface area contributed by atoms with E-state index in [0.29, 0.717) is 5.56 Å². The van der Waals surface area contributed by atoms with Crippen molar-refractivity contribution in [2.45, 2.75) is 100 Å². The minimum absolute atomic E-state index is 0. The van der Waals surface area contributed by atoms with Crippen molar-refractivity contribution in [3.05, 3.63) is 70.7 Å². The van der Waals surface area contributed by atoms with E-state index in [0.717, 1.165) is 48.0 Å². The fourth-order valence-electron chi connectivity index (χ4n) is 3.56. The Morgan fingerprint density at radius 2 is 1.86 bits per heavy atom. The first kappa shape index (κ1) is 37.0. The molecule has 1 unspecified atom stereocenters. The molecule has 0 saturated heterocycles. The third-order valence-electron chi connectivity index (χ3n) is 6.02. The maximum Gasteiger partial charge on any atom is 0.155 e. The Balaban J connectivity index is 0. The summed E-state index contributed by atoms with van der Waals surface area (Å²) in [5.41, 5.74) is 4.52. The number of nitrogens with zero attached hydrogens (tertiary/aromatic N) is 1. The van der Waals surface area contributed by atoms with Gasteiger partial charge in [-0.25, -0.2) is 0 Å². The van der Waals surface area contributed by atoms with E-state index in [4.69, 9.17) is 0 Å². The molecule has 1 heterocycles. The normalized spacial score (nSPS) is 16.5. The summed E-state index contributed by atoms with van der Waals surface area (Å²) in [6, 6.07) is 6.55. The number of halogens is 1. The predicted molar refractivity (Wildman–Crippen MR) is 154 cm³/mol. The number of benzene rings is 1. The van der Waals surface area contributed by atoms with Gasteiger partial charge < -0.3 is 5.32 Å². The van der Waals surface area contributed by atoms with Crippen LogP contribution in [-0.4, -0.2) is 30.4 Å². The molecule has 0 radical (unpaired) electrons. The zero-order valence-corrected chi connectivity index (χ0v) is 28.9. The van der Waals surface area contributed by atoms with Crippen LogP contribution in [0.2, 0.25) is 0 Å². The predicted octanol–water partition coefficient (Wildman–Crippen LogP) is 8.79. The van der Waals surface area contributed by atoms with Crippen LogP contribution in [0, 0.1) is 55.8 Å². The first-order valence-electron chi connectivity index (χ1n) is 13.7. The molecular weight excluding hydrogens is 669 g/mol. The van der Waals surface area contributed by atoms with Gasteiger partial charge >= 0.3 is 0 Å². The van der Waals surface area contributed by atoms with Crippen molar-refractivity contribution >= 4 is 5.71 Å². The number of hydrogen-bond donors (Lipinski definition) is 1. The van der Waals surface area contributed by atoms with Gasteiger partial charge in [-0.1, -0.05) is 98.3 Å². The average molecular weight is 723 g/mol. The largest absolute Gasteiger partial charge is 0.392 e. The van der Waals surface area contributed by atoms with Crippen molar-refractivity contribution in [3.8, 4) is 0 Å². The molecule has 2 nitrogen and oxygen atoms in total. The second-order valence-electron chi connectivity index (χ2n) is 9.61. The van der Waals surface area contributed by atoms with Crippen LogP contribution >= 0.6 is 0 Å². The van der Waals surface area contributed by atoms with Gasteiger partial charge in [0.25, 0.3) is 0 Å². The van der Waals surface area contributed by atoms with Crippen LogP contribution < -0.4 is 5.32 Å². The number of hydrogen-bond acceptors (Lipinski definition) is 1. The quantitative estimate of drug-likeness (QED) is 0.153. The van der Waals surface area contributed by atoms with Gasteiger partial charge in [0.05, 0.1) is 0 Å². The molecule has 4 heteroatoms. The van der Waals surface area contributed by atoms with Gasteiger partial charge in [0.2, 0.25) is 0 Å². The Hall–Kier alpha value is -1.11. The van der Waals surface area contributed by atoms with E-state index in [1.165, 1.54) is 38.5 Å². The Morgan fingerprint density at radius 1 is 1.19 bits per heavy atom. The summed E-state index contributed by atoms with van der Waals surface area (Å²) >= 11 is 0. The first-order chi connectivity index (χ1) is 16.7. The summed E-state index contributed by atoms with van der Waals surface area (Å²) in [6.45, 7) is 18.7. The molecule has 2 rings (SSSR count). The van der Waals surface area contributed by atoms with E-state index in [-0.39, 0.29) is 36.9 Å². The summed E-state index contributed by atoms with van der Waals surface area (Å²) < 4.78 is 16.8. The maximum atomic E-state index is 14.5. The van der Waals surface area contributed by atoms with E-state index < -0.39 is 0 Å². The van der Waals surface area contributed by atoms with Crippen molar-refractivity contribution < 1.29 is 40.1 Å². The zero-order chi connectivity index (χ0) is 26.6. The van der Waals surface area contributed by atoms with Crippen molar-refractivity contribution in [2.75, 3.05) is 20.1 Å². The standard InChI is InChI=1S/C20H25FN2.C9H20.C3H8.U/c1-15-9-10-18(19(21)14-15)20-16(2)8-6-5-7-12-23(20)13-11-17(3)22-4;1-4-6-7-8-9(3)5-2;1-3-2;/h5-6,8-9,11,14,22H,7,12-13H2,1-4H3;9H,4-8H2,1-3H3;3H2,1-2H3;/b6-5-,16-8+,17-11+,23-20?;;;. The molecule has 1 aromatic carbocycles. The molecule has 1 aliphatic heterocycles. The molecule has 0 bridgehead atoms. The Bertz CT molecular complexity index is 837. The third kappa shape index (κ3) is 15.9. The monoisotopic (exact) mass is 722 g/mol. The van der Waals surface area contributed by atoms with Crippen LogP contribution in [0.4, 0.5) is 4.39 Å². The van der Waals surface area contributed by atoms with Crippen molar-refractivity contribution in [3.63, 3.8) is 0 Å². The Labute approximate surface area is 247 Å². The van der Waals surface area contributed by atoms with Crippen molar-refractivity contribution in [1.82, 2.24) is 5.32 Å². The molecule has 0 spiro atoms. The van der Waals surface area contributed by atoms with Gasteiger partial charge in [-0.05, 0) is 37.0 Å². The van der Waals surface area contributed by atoms with Crippen molar-refractivity contribution in [1.29, 1.82) is 0 Å². The fourth-order valence-corrected chi connectivity index (χ4v) is 3.56.